The number of thiol groups is 1. The Kier molecular flexibility index (Phi) is 9.42. The zero-order chi connectivity index (χ0) is 9.94. The minimum atomic E-state index is -0.0782. The lowest BCUT2D eigenvalue weighted by atomic mass is 10.2. The van der Waals surface area contributed by atoms with Gasteiger partial charge in [-0.1, -0.05) is 26.2 Å². The fourth-order valence-corrected chi connectivity index (χ4v) is 1.10. The Morgan fingerprint density at radius 1 is 1.15 bits per heavy atom. The monoisotopic (exact) mass is 204 g/mol. The summed E-state index contributed by atoms with van der Waals surface area (Å²) < 4.78 is 0. The molecule has 0 aliphatic rings. The molecule has 2 N–H and O–H groups in total. The predicted molar refractivity (Wildman–Crippen MR) is 59.4 cm³/mol. The van der Waals surface area contributed by atoms with Crippen molar-refractivity contribution in [2.75, 3.05) is 18.8 Å². The second-order valence-electron chi connectivity index (χ2n) is 2.97. The van der Waals surface area contributed by atoms with Crippen LogP contribution in [0.2, 0.25) is 0 Å². The molecule has 4 heteroatoms. The number of carbonyl (C=O) groups is 1. The molecule has 3 nitrogen and oxygen atoms in total. The number of rotatable bonds is 7. The molecular formula is C9H20N2OS. The fourth-order valence-electron chi connectivity index (χ4n) is 0.986. The SMILES string of the molecule is CCCCCCNC(=O)NCCS. The summed E-state index contributed by atoms with van der Waals surface area (Å²) in [6.07, 6.45) is 4.75. The summed E-state index contributed by atoms with van der Waals surface area (Å²) in [4.78, 5) is 11.0. The van der Waals surface area contributed by atoms with Gasteiger partial charge in [0, 0.05) is 18.8 Å². The van der Waals surface area contributed by atoms with Crippen molar-refractivity contribution in [2.24, 2.45) is 0 Å². The average Bonchev–Trinajstić information content (AvgIpc) is 2.14. The lowest BCUT2D eigenvalue weighted by molar-refractivity contribution is 0.241. The van der Waals surface area contributed by atoms with Crippen LogP contribution in [0.1, 0.15) is 32.6 Å². The standard InChI is InChI=1S/C9H20N2OS/c1-2-3-4-5-6-10-9(12)11-7-8-13/h13H,2-8H2,1H3,(H2,10,11,12). The van der Waals surface area contributed by atoms with Gasteiger partial charge in [-0.05, 0) is 6.42 Å². The second-order valence-corrected chi connectivity index (χ2v) is 3.41. The van der Waals surface area contributed by atoms with Gasteiger partial charge in [0.2, 0.25) is 0 Å². The van der Waals surface area contributed by atoms with Gasteiger partial charge in [0.05, 0.1) is 0 Å². The smallest absolute Gasteiger partial charge is 0.314 e. The summed E-state index contributed by atoms with van der Waals surface area (Å²) >= 11 is 3.99. The molecule has 0 bridgehead atoms. The molecular weight excluding hydrogens is 184 g/mol. The maximum Gasteiger partial charge on any atom is 0.314 e. The van der Waals surface area contributed by atoms with Crippen molar-refractivity contribution in [3.8, 4) is 0 Å². The Morgan fingerprint density at radius 2 is 1.85 bits per heavy atom. The highest BCUT2D eigenvalue weighted by Gasteiger charge is 1.96. The van der Waals surface area contributed by atoms with Gasteiger partial charge in [0.25, 0.3) is 0 Å². The predicted octanol–water partition coefficient (Wildman–Crippen LogP) is 1.80. The van der Waals surface area contributed by atoms with Crippen LogP contribution in [-0.2, 0) is 0 Å². The number of urea groups is 1. The molecule has 2 amide bonds. The summed E-state index contributed by atoms with van der Waals surface area (Å²) in [5.41, 5.74) is 0. The fraction of sp³-hybridized carbons (Fsp3) is 0.889. The average molecular weight is 204 g/mol. The first-order chi connectivity index (χ1) is 6.31. The third kappa shape index (κ3) is 9.53. The number of nitrogens with one attached hydrogen (secondary N) is 2. The zero-order valence-electron chi connectivity index (χ0n) is 8.31. The van der Waals surface area contributed by atoms with Gasteiger partial charge in [-0.15, -0.1) is 0 Å². The van der Waals surface area contributed by atoms with Crippen molar-refractivity contribution in [2.45, 2.75) is 32.6 Å². The van der Waals surface area contributed by atoms with Crippen molar-refractivity contribution >= 4 is 18.7 Å². The summed E-state index contributed by atoms with van der Waals surface area (Å²) in [5, 5.41) is 5.49. The quantitative estimate of drug-likeness (QED) is 0.429. The highest BCUT2D eigenvalue weighted by molar-refractivity contribution is 7.80. The maximum absolute atomic E-state index is 11.0. The zero-order valence-corrected chi connectivity index (χ0v) is 9.20. The van der Waals surface area contributed by atoms with Crippen molar-refractivity contribution in [1.29, 1.82) is 0 Å². The molecule has 0 fully saturated rings. The number of hydrogen-bond donors (Lipinski definition) is 3. The Hall–Kier alpha value is -0.380. The molecule has 0 heterocycles. The summed E-state index contributed by atoms with van der Waals surface area (Å²) in [5.74, 6) is 0.684. The van der Waals surface area contributed by atoms with Crippen molar-refractivity contribution in [1.82, 2.24) is 10.6 Å². The van der Waals surface area contributed by atoms with Crippen molar-refractivity contribution in [3.63, 3.8) is 0 Å². The number of unbranched alkanes of at least 4 members (excludes halogenated alkanes) is 3. The molecule has 0 atom stereocenters. The van der Waals surface area contributed by atoms with E-state index in [1.807, 2.05) is 0 Å². The van der Waals surface area contributed by atoms with E-state index in [9.17, 15) is 4.79 Å². The van der Waals surface area contributed by atoms with E-state index in [1.165, 1.54) is 19.3 Å². The minimum Gasteiger partial charge on any atom is -0.338 e. The lowest BCUT2D eigenvalue weighted by Crippen LogP contribution is -2.36. The molecule has 0 aromatic carbocycles. The highest BCUT2D eigenvalue weighted by atomic mass is 32.1. The Morgan fingerprint density at radius 3 is 2.46 bits per heavy atom. The van der Waals surface area contributed by atoms with E-state index in [1.54, 1.807) is 0 Å². The first kappa shape index (κ1) is 12.6. The van der Waals surface area contributed by atoms with Crippen LogP contribution in [0, 0.1) is 0 Å². The van der Waals surface area contributed by atoms with Crippen LogP contribution in [0.4, 0.5) is 4.79 Å². The lowest BCUT2D eigenvalue weighted by Gasteiger charge is -2.05. The molecule has 0 saturated heterocycles. The Balaban J connectivity index is 3.08. The number of carbonyl (C=O) groups excluding carboxylic acids is 1. The molecule has 0 radical (unpaired) electrons. The van der Waals surface area contributed by atoms with Gasteiger partial charge >= 0.3 is 6.03 Å². The molecule has 0 spiro atoms. The van der Waals surface area contributed by atoms with Crippen molar-refractivity contribution < 1.29 is 4.79 Å². The van der Waals surface area contributed by atoms with Gasteiger partial charge < -0.3 is 10.6 Å². The third-order valence-corrected chi connectivity index (χ3v) is 1.94. The van der Waals surface area contributed by atoms with Gasteiger partial charge in [-0.2, -0.15) is 12.6 Å². The number of amides is 2. The van der Waals surface area contributed by atoms with Crippen LogP contribution in [0.5, 0.6) is 0 Å². The topological polar surface area (TPSA) is 41.1 Å². The minimum absolute atomic E-state index is 0.0782. The molecule has 78 valence electrons. The summed E-state index contributed by atoms with van der Waals surface area (Å²) in [6.45, 7) is 3.58. The Labute approximate surface area is 86.1 Å². The van der Waals surface area contributed by atoms with Gasteiger partial charge in [-0.25, -0.2) is 4.79 Å². The normalized spacial score (nSPS) is 9.69. The van der Waals surface area contributed by atoms with Crippen LogP contribution in [0.15, 0.2) is 0 Å². The second kappa shape index (κ2) is 9.71. The van der Waals surface area contributed by atoms with Gasteiger partial charge in [0.15, 0.2) is 0 Å². The van der Waals surface area contributed by atoms with Crippen molar-refractivity contribution in [3.05, 3.63) is 0 Å². The highest BCUT2D eigenvalue weighted by Crippen LogP contribution is 1.96. The first-order valence-corrected chi connectivity index (χ1v) is 5.57. The van der Waals surface area contributed by atoms with Crippen LogP contribution in [0.3, 0.4) is 0 Å². The van der Waals surface area contributed by atoms with E-state index >= 15 is 0 Å². The molecule has 0 aromatic heterocycles. The third-order valence-electron chi connectivity index (χ3n) is 1.71. The van der Waals surface area contributed by atoms with Crippen LogP contribution >= 0.6 is 12.6 Å². The van der Waals surface area contributed by atoms with Crippen LogP contribution in [-0.4, -0.2) is 24.9 Å². The molecule has 0 saturated carbocycles. The van der Waals surface area contributed by atoms with Crippen LogP contribution in [0.25, 0.3) is 0 Å². The molecule has 0 aromatic rings. The Bertz CT molecular complexity index is 131. The molecule has 0 rings (SSSR count). The van der Waals surface area contributed by atoms with E-state index < -0.39 is 0 Å². The maximum atomic E-state index is 11.0. The van der Waals surface area contributed by atoms with E-state index in [4.69, 9.17) is 0 Å². The van der Waals surface area contributed by atoms with E-state index in [0.717, 1.165) is 13.0 Å². The van der Waals surface area contributed by atoms with Crippen LogP contribution < -0.4 is 10.6 Å². The van der Waals surface area contributed by atoms with E-state index in [-0.39, 0.29) is 6.03 Å². The molecule has 0 aliphatic carbocycles. The van der Waals surface area contributed by atoms with Gasteiger partial charge in [-0.3, -0.25) is 0 Å². The molecule has 13 heavy (non-hydrogen) atoms. The van der Waals surface area contributed by atoms with E-state index in [0.29, 0.717) is 12.3 Å². The van der Waals surface area contributed by atoms with Gasteiger partial charge in [0.1, 0.15) is 0 Å². The summed E-state index contributed by atoms with van der Waals surface area (Å²) in [7, 11) is 0. The molecule has 0 unspecified atom stereocenters. The largest absolute Gasteiger partial charge is 0.338 e. The first-order valence-electron chi connectivity index (χ1n) is 4.93. The number of hydrogen-bond acceptors (Lipinski definition) is 2. The summed E-state index contributed by atoms with van der Waals surface area (Å²) in [6, 6.07) is -0.0782. The van der Waals surface area contributed by atoms with E-state index in [2.05, 4.69) is 30.2 Å². The molecule has 0 aliphatic heterocycles.